The zero-order valence-electron chi connectivity index (χ0n) is 17.8. The molecular weight excluding hydrogens is 433 g/mol. The maximum atomic E-state index is 14.5. The highest BCUT2D eigenvalue weighted by atomic mass is 35.5. The van der Waals surface area contributed by atoms with Crippen LogP contribution in [0.4, 0.5) is 26.4 Å². The third kappa shape index (κ3) is 3.45. The lowest BCUT2D eigenvalue weighted by molar-refractivity contribution is 0.257. The van der Waals surface area contributed by atoms with E-state index in [1.165, 1.54) is 18.9 Å². The van der Waals surface area contributed by atoms with Crippen LogP contribution in [0.1, 0.15) is 18.4 Å². The maximum absolute atomic E-state index is 14.5. The van der Waals surface area contributed by atoms with Gasteiger partial charge in [0.25, 0.3) is 0 Å². The molecule has 32 heavy (non-hydrogen) atoms. The molecule has 168 valence electrons. The van der Waals surface area contributed by atoms with Gasteiger partial charge >= 0.3 is 6.03 Å². The number of hydrogen-bond donors (Lipinski definition) is 2. The molecule has 3 aliphatic rings. The zero-order chi connectivity index (χ0) is 21.2. The lowest BCUT2D eigenvalue weighted by Gasteiger charge is -2.36. The summed E-state index contributed by atoms with van der Waals surface area (Å²) in [5, 5.41) is 11.3. The molecule has 1 saturated heterocycles. The smallest absolute Gasteiger partial charge is 0.327 e. The number of hydrogen-bond acceptors (Lipinski definition) is 5. The van der Waals surface area contributed by atoms with Crippen LogP contribution in [0.2, 0.25) is 0 Å². The normalized spacial score (nSPS) is 18.6. The van der Waals surface area contributed by atoms with Gasteiger partial charge in [-0.2, -0.15) is 5.10 Å². The molecule has 0 unspecified atom stereocenters. The number of carbonyl (C=O) groups is 1. The number of anilines is 3. The Kier molecular flexibility index (Phi) is 4.98. The van der Waals surface area contributed by atoms with Crippen molar-refractivity contribution in [1.82, 2.24) is 20.1 Å². The molecule has 4 heterocycles. The summed E-state index contributed by atoms with van der Waals surface area (Å²) < 4.78 is 16.2. The molecule has 10 heteroatoms. The summed E-state index contributed by atoms with van der Waals surface area (Å²) >= 11 is 0. The third-order valence-electron chi connectivity index (χ3n) is 6.61. The number of urea groups is 1. The van der Waals surface area contributed by atoms with Gasteiger partial charge in [0, 0.05) is 73.9 Å². The lowest BCUT2D eigenvalue weighted by Crippen LogP contribution is -2.52. The van der Waals surface area contributed by atoms with Gasteiger partial charge in [0.05, 0.1) is 11.2 Å². The van der Waals surface area contributed by atoms with Crippen LogP contribution >= 0.6 is 12.4 Å². The van der Waals surface area contributed by atoms with E-state index in [0.29, 0.717) is 17.9 Å². The highest BCUT2D eigenvalue weighted by molar-refractivity contribution is 6.04. The van der Waals surface area contributed by atoms with Crippen LogP contribution in [0.5, 0.6) is 0 Å². The van der Waals surface area contributed by atoms with E-state index < -0.39 is 5.82 Å². The zero-order valence-corrected chi connectivity index (χ0v) is 18.6. The number of fused-ring (bicyclic) bond motifs is 2. The Hall–Kier alpha value is -2.91. The second kappa shape index (κ2) is 7.60. The minimum Gasteiger partial charge on any atom is -0.368 e. The number of carbonyl (C=O) groups excluding carboxylic acids is 1. The average Bonchev–Trinajstić information content (AvgIpc) is 3.18. The number of nitrogens with one attached hydrogen (secondary N) is 2. The van der Waals surface area contributed by atoms with Crippen molar-refractivity contribution < 1.29 is 9.18 Å². The van der Waals surface area contributed by atoms with E-state index in [-0.39, 0.29) is 29.7 Å². The van der Waals surface area contributed by atoms with E-state index in [4.69, 9.17) is 0 Å². The van der Waals surface area contributed by atoms with Gasteiger partial charge in [-0.25, -0.2) is 14.2 Å². The number of pyridine rings is 1. The van der Waals surface area contributed by atoms with Crippen molar-refractivity contribution >= 4 is 46.5 Å². The fraction of sp³-hybridized carbons (Fsp3) is 0.409. The number of aromatic nitrogens is 3. The Morgan fingerprint density at radius 1 is 1.28 bits per heavy atom. The Morgan fingerprint density at radius 2 is 2.12 bits per heavy atom. The number of piperazine rings is 1. The first-order valence-corrected chi connectivity index (χ1v) is 10.7. The monoisotopic (exact) mass is 457 g/mol. The largest absolute Gasteiger partial charge is 0.368 e. The predicted molar refractivity (Wildman–Crippen MR) is 124 cm³/mol. The summed E-state index contributed by atoms with van der Waals surface area (Å²) in [6.07, 6.45) is 6.75. The van der Waals surface area contributed by atoms with Crippen LogP contribution < -0.4 is 20.4 Å². The van der Waals surface area contributed by atoms with Crippen molar-refractivity contribution in [3.8, 4) is 0 Å². The summed E-state index contributed by atoms with van der Waals surface area (Å²) in [6.45, 7) is 3.43. The molecule has 2 N–H and O–H groups in total. The van der Waals surface area contributed by atoms with Crippen LogP contribution in [-0.2, 0) is 13.5 Å². The molecule has 0 bridgehead atoms. The summed E-state index contributed by atoms with van der Waals surface area (Å²) in [4.78, 5) is 21.6. The molecule has 0 radical (unpaired) electrons. The molecule has 2 fully saturated rings. The number of halogens is 2. The van der Waals surface area contributed by atoms with Crippen molar-refractivity contribution in [2.75, 3.05) is 41.3 Å². The fourth-order valence-corrected chi connectivity index (χ4v) is 4.86. The summed E-state index contributed by atoms with van der Waals surface area (Å²) in [5.74, 6) is 0.164. The molecule has 2 amide bonds. The van der Waals surface area contributed by atoms with Crippen molar-refractivity contribution in [2.45, 2.75) is 24.8 Å². The first-order valence-electron chi connectivity index (χ1n) is 10.7. The second-order valence-corrected chi connectivity index (χ2v) is 8.79. The Balaban J connectivity index is 0.00000216. The van der Waals surface area contributed by atoms with Gasteiger partial charge in [0.15, 0.2) is 0 Å². The molecule has 0 atom stereocenters. The third-order valence-corrected chi connectivity index (χ3v) is 6.61. The van der Waals surface area contributed by atoms with Gasteiger partial charge in [-0.15, -0.1) is 12.4 Å². The second-order valence-electron chi connectivity index (χ2n) is 8.79. The minimum absolute atomic E-state index is 0. The summed E-state index contributed by atoms with van der Waals surface area (Å²) in [5.41, 5.74) is 3.23. The molecule has 2 aromatic heterocycles. The fourth-order valence-electron chi connectivity index (χ4n) is 4.86. The number of benzene rings is 1. The van der Waals surface area contributed by atoms with E-state index in [1.54, 1.807) is 35.1 Å². The minimum atomic E-state index is -0.503. The van der Waals surface area contributed by atoms with Crippen LogP contribution in [-0.4, -0.2) is 52.5 Å². The predicted octanol–water partition coefficient (Wildman–Crippen LogP) is 3.07. The van der Waals surface area contributed by atoms with Crippen LogP contribution in [0.15, 0.2) is 30.6 Å². The van der Waals surface area contributed by atoms with Crippen molar-refractivity contribution in [2.24, 2.45) is 7.05 Å². The summed E-state index contributed by atoms with van der Waals surface area (Å²) in [7, 11) is 1.78. The standard InChI is InChI=1S/C22H24FN7O.ClH/c1-28-12-14-10-18(16(23)11-17(14)27-28)26-21(31)30-8-3-15-19(2-6-24-20(15)30)29-9-7-25-22(13-29)4-5-22;/h2,6,10-12,25H,3-5,7-9,13H2,1H3,(H,26,31);1H. The van der Waals surface area contributed by atoms with Gasteiger partial charge in [0.1, 0.15) is 11.6 Å². The van der Waals surface area contributed by atoms with E-state index in [9.17, 15) is 9.18 Å². The maximum Gasteiger partial charge on any atom is 0.327 e. The topological polar surface area (TPSA) is 78.3 Å². The van der Waals surface area contributed by atoms with E-state index in [1.807, 2.05) is 0 Å². The molecule has 3 aromatic rings. The van der Waals surface area contributed by atoms with Gasteiger partial charge in [0.2, 0.25) is 0 Å². The first kappa shape index (κ1) is 21.0. The highest BCUT2D eigenvalue weighted by Crippen LogP contribution is 2.41. The lowest BCUT2D eigenvalue weighted by atomic mass is 10.1. The van der Waals surface area contributed by atoms with E-state index in [2.05, 4.69) is 31.7 Å². The first-order chi connectivity index (χ1) is 15.0. The summed E-state index contributed by atoms with van der Waals surface area (Å²) in [6, 6.07) is 4.64. The Labute approximate surface area is 191 Å². The Bertz CT molecular complexity index is 1210. The number of aryl methyl sites for hydroxylation is 1. The number of rotatable bonds is 2. The van der Waals surface area contributed by atoms with Crippen LogP contribution in [0, 0.1) is 5.82 Å². The molecule has 2 aliphatic heterocycles. The molecule has 1 saturated carbocycles. The SMILES string of the molecule is Cl.Cn1cc2cc(NC(=O)N3CCc4c(N5CCNC6(CC6)C5)ccnc43)c(F)cc2n1. The molecule has 1 spiro atoms. The number of amides is 2. The molecule has 1 aromatic carbocycles. The highest BCUT2D eigenvalue weighted by Gasteiger charge is 2.46. The molecule has 6 rings (SSSR count). The Morgan fingerprint density at radius 3 is 2.94 bits per heavy atom. The van der Waals surface area contributed by atoms with Crippen molar-refractivity contribution in [3.63, 3.8) is 0 Å². The quantitative estimate of drug-likeness (QED) is 0.618. The molecular formula is C22H25ClFN7O. The molecule has 1 aliphatic carbocycles. The van der Waals surface area contributed by atoms with Gasteiger partial charge in [-0.3, -0.25) is 9.58 Å². The van der Waals surface area contributed by atoms with E-state index >= 15 is 0 Å². The van der Waals surface area contributed by atoms with Crippen molar-refractivity contribution in [1.29, 1.82) is 0 Å². The van der Waals surface area contributed by atoms with Gasteiger partial charge < -0.3 is 15.5 Å². The van der Waals surface area contributed by atoms with E-state index in [0.717, 1.165) is 42.7 Å². The van der Waals surface area contributed by atoms with Crippen LogP contribution in [0.25, 0.3) is 10.9 Å². The average molecular weight is 458 g/mol. The molecule has 8 nitrogen and oxygen atoms in total. The van der Waals surface area contributed by atoms with Gasteiger partial charge in [-0.1, -0.05) is 0 Å². The number of nitrogens with zero attached hydrogens (tertiary/aromatic N) is 5. The van der Waals surface area contributed by atoms with Crippen LogP contribution in [0.3, 0.4) is 0 Å². The van der Waals surface area contributed by atoms with Crippen molar-refractivity contribution in [3.05, 3.63) is 42.0 Å². The van der Waals surface area contributed by atoms with Gasteiger partial charge in [-0.05, 0) is 31.4 Å².